The standard InChI is InChI=1S/C14H7Br2N3O.ClH/c15-10-6-9(20-13(10)16)5-8(7-17)14-18-11-3-1-2-4-12(11)19-14;/h1-6H,(H,18,19);1H. The van der Waals surface area contributed by atoms with Gasteiger partial charge in [-0.15, -0.1) is 12.4 Å². The lowest BCUT2D eigenvalue weighted by atomic mass is 10.2. The molecule has 7 heteroatoms. The Hall–Kier alpha value is -1.55. The summed E-state index contributed by atoms with van der Waals surface area (Å²) in [6.07, 6.45) is 1.65. The van der Waals surface area contributed by atoms with Crippen LogP contribution in [0.5, 0.6) is 0 Å². The Morgan fingerprint density at radius 2 is 2.10 bits per heavy atom. The van der Waals surface area contributed by atoms with Crippen LogP contribution in [0.15, 0.2) is 43.9 Å². The molecule has 0 aliphatic carbocycles. The first-order valence-electron chi connectivity index (χ1n) is 5.69. The van der Waals surface area contributed by atoms with E-state index in [-0.39, 0.29) is 12.4 Å². The van der Waals surface area contributed by atoms with Gasteiger partial charge in [0.05, 0.1) is 21.1 Å². The summed E-state index contributed by atoms with van der Waals surface area (Å²) in [6.45, 7) is 0. The van der Waals surface area contributed by atoms with Crippen LogP contribution >= 0.6 is 44.3 Å². The first-order chi connectivity index (χ1) is 9.67. The molecule has 3 aromatic rings. The average Bonchev–Trinajstić information content (AvgIpc) is 3.00. The van der Waals surface area contributed by atoms with E-state index in [1.165, 1.54) is 0 Å². The number of nitriles is 1. The lowest BCUT2D eigenvalue weighted by Gasteiger charge is -1.91. The molecule has 0 aliphatic heterocycles. The second-order valence-corrected chi connectivity index (χ2v) is 5.62. The van der Waals surface area contributed by atoms with Crippen LogP contribution in [0, 0.1) is 11.3 Å². The monoisotopic (exact) mass is 427 g/mol. The number of nitrogens with zero attached hydrogens (tertiary/aromatic N) is 2. The summed E-state index contributed by atoms with van der Waals surface area (Å²) in [5.74, 6) is 1.10. The predicted octanol–water partition coefficient (Wildman–Crippen LogP) is 5.17. The Morgan fingerprint density at radius 3 is 2.71 bits per heavy atom. The molecule has 0 amide bonds. The molecule has 0 saturated carbocycles. The molecule has 0 spiro atoms. The summed E-state index contributed by atoms with van der Waals surface area (Å²) in [5.41, 5.74) is 2.13. The highest BCUT2D eigenvalue weighted by Gasteiger charge is 2.10. The van der Waals surface area contributed by atoms with E-state index >= 15 is 0 Å². The maximum Gasteiger partial charge on any atom is 0.184 e. The summed E-state index contributed by atoms with van der Waals surface area (Å²) < 4.78 is 6.83. The topological polar surface area (TPSA) is 65.6 Å². The number of imidazole rings is 1. The van der Waals surface area contributed by atoms with E-state index in [4.69, 9.17) is 4.42 Å². The zero-order valence-corrected chi connectivity index (χ0v) is 14.4. The van der Waals surface area contributed by atoms with E-state index in [0.29, 0.717) is 21.8 Å². The third-order valence-corrected chi connectivity index (χ3v) is 4.43. The molecule has 0 aliphatic rings. The maximum atomic E-state index is 9.30. The Balaban J connectivity index is 0.00000161. The molecule has 0 fully saturated rings. The minimum absolute atomic E-state index is 0. The number of fused-ring (bicyclic) bond motifs is 1. The second kappa shape index (κ2) is 6.48. The molecule has 2 aromatic heterocycles. The second-order valence-electron chi connectivity index (χ2n) is 4.04. The maximum absolute atomic E-state index is 9.30. The molecular weight excluding hydrogens is 421 g/mol. The van der Waals surface area contributed by atoms with Crippen molar-refractivity contribution >= 4 is 66.9 Å². The van der Waals surface area contributed by atoms with Crippen molar-refractivity contribution in [2.24, 2.45) is 0 Å². The van der Waals surface area contributed by atoms with Crippen molar-refractivity contribution in [2.75, 3.05) is 0 Å². The molecule has 21 heavy (non-hydrogen) atoms. The minimum atomic E-state index is 0. The molecule has 0 atom stereocenters. The van der Waals surface area contributed by atoms with Crippen molar-refractivity contribution in [3.05, 3.63) is 51.1 Å². The highest BCUT2D eigenvalue weighted by molar-refractivity contribution is 9.13. The van der Waals surface area contributed by atoms with Crippen LogP contribution in [0.4, 0.5) is 0 Å². The number of benzene rings is 1. The SMILES string of the molecule is Cl.N#CC(=Cc1cc(Br)c(Br)o1)c1nc2ccccc2[nH]1. The van der Waals surface area contributed by atoms with Gasteiger partial charge in [0.15, 0.2) is 4.67 Å². The number of nitrogens with one attached hydrogen (secondary N) is 1. The Labute approximate surface area is 143 Å². The summed E-state index contributed by atoms with van der Waals surface area (Å²) in [4.78, 5) is 7.52. The number of furan rings is 1. The van der Waals surface area contributed by atoms with Crippen LogP contribution in [0.3, 0.4) is 0 Å². The molecule has 0 unspecified atom stereocenters. The predicted molar refractivity (Wildman–Crippen MR) is 90.9 cm³/mol. The number of aromatic nitrogens is 2. The van der Waals surface area contributed by atoms with E-state index in [2.05, 4.69) is 47.9 Å². The van der Waals surface area contributed by atoms with Crippen molar-refractivity contribution in [2.45, 2.75) is 0 Å². The number of hydrogen-bond donors (Lipinski definition) is 1. The van der Waals surface area contributed by atoms with E-state index < -0.39 is 0 Å². The number of allylic oxidation sites excluding steroid dienone is 1. The molecule has 0 saturated heterocycles. The van der Waals surface area contributed by atoms with Crippen molar-refractivity contribution in [1.82, 2.24) is 9.97 Å². The van der Waals surface area contributed by atoms with Gasteiger partial charge in [0.1, 0.15) is 17.7 Å². The molecule has 0 radical (unpaired) electrons. The minimum Gasteiger partial charge on any atom is -0.449 e. The Morgan fingerprint density at radius 1 is 1.33 bits per heavy atom. The smallest absolute Gasteiger partial charge is 0.184 e. The third-order valence-electron chi connectivity index (χ3n) is 2.72. The fourth-order valence-corrected chi connectivity index (χ4v) is 2.42. The normalized spacial score (nSPS) is 11.2. The Kier molecular flexibility index (Phi) is 4.88. The number of para-hydroxylation sites is 2. The molecule has 3 rings (SSSR count). The molecular formula is C14H8Br2ClN3O. The first kappa shape index (κ1) is 15.8. The fourth-order valence-electron chi connectivity index (χ4n) is 1.81. The lowest BCUT2D eigenvalue weighted by Crippen LogP contribution is -1.83. The van der Waals surface area contributed by atoms with Gasteiger partial charge in [-0.25, -0.2) is 4.98 Å². The highest BCUT2D eigenvalue weighted by Crippen LogP contribution is 2.29. The summed E-state index contributed by atoms with van der Waals surface area (Å²) in [6, 6.07) is 11.5. The van der Waals surface area contributed by atoms with Gasteiger partial charge in [-0.05, 0) is 50.1 Å². The van der Waals surface area contributed by atoms with E-state index in [1.54, 1.807) is 12.1 Å². The zero-order chi connectivity index (χ0) is 14.1. The van der Waals surface area contributed by atoms with Crippen molar-refractivity contribution in [1.29, 1.82) is 5.26 Å². The Bertz CT molecular complexity index is 808. The zero-order valence-electron chi connectivity index (χ0n) is 10.4. The quantitative estimate of drug-likeness (QED) is 0.572. The molecule has 1 N–H and O–H groups in total. The van der Waals surface area contributed by atoms with Crippen LogP contribution < -0.4 is 0 Å². The number of halogens is 3. The van der Waals surface area contributed by atoms with Gasteiger partial charge in [-0.2, -0.15) is 5.26 Å². The average molecular weight is 429 g/mol. The fraction of sp³-hybridized carbons (Fsp3) is 0. The number of aromatic amines is 1. The van der Waals surface area contributed by atoms with Gasteiger partial charge >= 0.3 is 0 Å². The number of rotatable bonds is 2. The summed E-state index contributed by atoms with van der Waals surface area (Å²) in [5, 5.41) is 9.30. The van der Waals surface area contributed by atoms with Gasteiger partial charge < -0.3 is 9.40 Å². The third kappa shape index (κ3) is 3.21. The highest BCUT2D eigenvalue weighted by atomic mass is 79.9. The molecule has 2 heterocycles. The van der Waals surface area contributed by atoms with Crippen LogP contribution in [-0.4, -0.2) is 9.97 Å². The van der Waals surface area contributed by atoms with Crippen LogP contribution in [0.2, 0.25) is 0 Å². The first-order valence-corrected chi connectivity index (χ1v) is 7.28. The molecule has 0 bridgehead atoms. The number of hydrogen-bond acceptors (Lipinski definition) is 3. The van der Waals surface area contributed by atoms with Crippen molar-refractivity contribution < 1.29 is 4.42 Å². The van der Waals surface area contributed by atoms with Gasteiger partial charge in [-0.1, -0.05) is 12.1 Å². The van der Waals surface area contributed by atoms with Gasteiger partial charge in [0.2, 0.25) is 0 Å². The van der Waals surface area contributed by atoms with Crippen LogP contribution in [0.25, 0.3) is 22.7 Å². The molecule has 1 aromatic carbocycles. The van der Waals surface area contributed by atoms with Crippen molar-refractivity contribution in [3.8, 4) is 6.07 Å². The number of H-pyrrole nitrogens is 1. The van der Waals surface area contributed by atoms with Gasteiger partial charge in [-0.3, -0.25) is 0 Å². The van der Waals surface area contributed by atoms with Gasteiger partial charge in [0, 0.05) is 6.08 Å². The summed E-state index contributed by atoms with van der Waals surface area (Å²) in [7, 11) is 0. The van der Waals surface area contributed by atoms with E-state index in [1.807, 2.05) is 24.3 Å². The van der Waals surface area contributed by atoms with Crippen LogP contribution in [-0.2, 0) is 0 Å². The van der Waals surface area contributed by atoms with Crippen molar-refractivity contribution in [3.63, 3.8) is 0 Å². The van der Waals surface area contributed by atoms with Gasteiger partial charge in [0.25, 0.3) is 0 Å². The van der Waals surface area contributed by atoms with E-state index in [0.717, 1.165) is 15.5 Å². The molecule has 4 nitrogen and oxygen atoms in total. The van der Waals surface area contributed by atoms with Crippen LogP contribution in [0.1, 0.15) is 11.6 Å². The largest absolute Gasteiger partial charge is 0.449 e. The molecule has 106 valence electrons. The summed E-state index contributed by atoms with van der Waals surface area (Å²) >= 11 is 6.60. The lowest BCUT2D eigenvalue weighted by molar-refractivity contribution is 0.530. The van der Waals surface area contributed by atoms with E-state index in [9.17, 15) is 5.26 Å².